The molecule has 15 heteroatoms. The summed E-state index contributed by atoms with van der Waals surface area (Å²) in [6, 6.07) is 4.74. The van der Waals surface area contributed by atoms with E-state index in [9.17, 15) is 22.8 Å². The van der Waals surface area contributed by atoms with Crippen molar-refractivity contribution in [1.82, 2.24) is 19.8 Å². The molecule has 0 aliphatic carbocycles. The first-order valence-electron chi connectivity index (χ1n) is 18.0. The van der Waals surface area contributed by atoms with Crippen LogP contribution in [0.15, 0.2) is 24.4 Å². The smallest absolute Gasteiger partial charge is 0.421 e. The van der Waals surface area contributed by atoms with Crippen LogP contribution >= 0.6 is 0 Å². The molecule has 0 spiro atoms. The molecule has 2 heterocycles. The fraction of sp³-hybridized carbons (Fsp3) is 0.667. The molecule has 3 rings (SSSR count). The maximum absolute atomic E-state index is 13.3. The Kier molecular flexibility index (Phi) is 18.8. The van der Waals surface area contributed by atoms with E-state index in [1.807, 2.05) is 4.90 Å². The van der Waals surface area contributed by atoms with Crippen molar-refractivity contribution >= 4 is 29.3 Å². The predicted molar refractivity (Wildman–Crippen MR) is 190 cm³/mol. The van der Waals surface area contributed by atoms with Crippen molar-refractivity contribution in [3.05, 3.63) is 35.5 Å². The minimum Gasteiger partial charge on any atom is -0.495 e. The van der Waals surface area contributed by atoms with Gasteiger partial charge in [0.15, 0.2) is 0 Å². The van der Waals surface area contributed by atoms with Gasteiger partial charge in [0.05, 0.1) is 39.2 Å². The van der Waals surface area contributed by atoms with Gasteiger partial charge < -0.3 is 39.4 Å². The van der Waals surface area contributed by atoms with Gasteiger partial charge in [-0.2, -0.15) is 18.2 Å². The summed E-state index contributed by atoms with van der Waals surface area (Å²) in [5.74, 6) is -0.259. The normalized spacial score (nSPS) is 13.4. The average molecular weight is 725 g/mol. The van der Waals surface area contributed by atoms with Gasteiger partial charge in [0.1, 0.15) is 17.1 Å². The number of carbonyl (C=O) groups is 2. The summed E-state index contributed by atoms with van der Waals surface area (Å²) >= 11 is 0. The van der Waals surface area contributed by atoms with Crippen molar-refractivity contribution in [2.75, 3.05) is 90.6 Å². The fourth-order valence-corrected chi connectivity index (χ4v) is 5.57. The zero-order valence-electron chi connectivity index (χ0n) is 30.3. The molecule has 1 aromatic heterocycles. The molecule has 0 radical (unpaired) electrons. The van der Waals surface area contributed by atoms with Crippen LogP contribution in [0.1, 0.15) is 87.1 Å². The van der Waals surface area contributed by atoms with Gasteiger partial charge in [0, 0.05) is 64.6 Å². The highest BCUT2D eigenvalue weighted by molar-refractivity contribution is 5.95. The third-order valence-electron chi connectivity index (χ3n) is 8.51. The van der Waals surface area contributed by atoms with E-state index in [1.54, 1.807) is 23.1 Å². The summed E-state index contributed by atoms with van der Waals surface area (Å²) in [5, 5.41) is 5.29. The van der Waals surface area contributed by atoms with Crippen LogP contribution < -0.4 is 15.4 Å². The Morgan fingerprint density at radius 1 is 0.824 bits per heavy atom. The molecule has 51 heavy (non-hydrogen) atoms. The van der Waals surface area contributed by atoms with Gasteiger partial charge in [-0.3, -0.25) is 9.59 Å². The molecule has 0 atom stereocenters. The predicted octanol–water partition coefficient (Wildman–Crippen LogP) is 6.54. The number of ether oxygens (including phenoxy) is 4. The molecule has 1 aromatic carbocycles. The van der Waals surface area contributed by atoms with Crippen LogP contribution in [0.3, 0.4) is 0 Å². The van der Waals surface area contributed by atoms with Crippen LogP contribution in [-0.2, 0) is 25.2 Å². The van der Waals surface area contributed by atoms with Crippen molar-refractivity contribution in [2.24, 2.45) is 0 Å². The van der Waals surface area contributed by atoms with Crippen LogP contribution in [0.4, 0.5) is 30.6 Å². The summed E-state index contributed by atoms with van der Waals surface area (Å²) in [7, 11) is 2.76. The first kappa shape index (κ1) is 41.7. The SMILES string of the molecule is CCCCCCCOCCOCCOCCCCCCC(=O)N1CCN(C(=O)c2ccc(Nc3ncc(C(F)(F)F)c(NC)n3)c(OC)c2)CC1. The molecule has 1 aliphatic heterocycles. The Hall–Kier alpha value is -3.69. The highest BCUT2D eigenvalue weighted by Gasteiger charge is 2.35. The Balaban J connectivity index is 1.27. The zero-order chi connectivity index (χ0) is 36.9. The van der Waals surface area contributed by atoms with Crippen LogP contribution in [0.5, 0.6) is 5.75 Å². The van der Waals surface area contributed by atoms with Crippen molar-refractivity contribution in [3.8, 4) is 5.75 Å². The standard InChI is InChI=1S/C36H55F3N6O6/c1-4-5-6-8-11-20-49-22-24-51-25-23-50-21-12-9-7-10-13-32(46)44-16-18-45(19-17-44)34(47)28-14-15-30(31(26-28)48-3)42-35-41-27-29(36(37,38)39)33(40-2)43-35/h14-15,26-27H,4-13,16-25H2,1-3H3,(H2,40,41,42,43). The van der Waals surface area contributed by atoms with Gasteiger partial charge in [-0.25, -0.2) is 4.98 Å². The number of amides is 2. The molecule has 0 unspecified atom stereocenters. The van der Waals surface area contributed by atoms with Crippen molar-refractivity contribution in [2.45, 2.75) is 77.3 Å². The quantitative estimate of drug-likeness (QED) is 0.115. The lowest BCUT2D eigenvalue weighted by Gasteiger charge is -2.35. The number of hydrogen-bond donors (Lipinski definition) is 2. The molecule has 0 saturated carbocycles. The minimum atomic E-state index is -4.61. The summed E-state index contributed by atoms with van der Waals surface area (Å²) in [5.41, 5.74) is -0.226. The van der Waals surface area contributed by atoms with Crippen molar-refractivity contribution < 1.29 is 41.7 Å². The number of methoxy groups -OCH3 is 1. The summed E-state index contributed by atoms with van der Waals surface area (Å²) in [6.45, 7) is 7.78. The molecule has 12 nitrogen and oxygen atoms in total. The van der Waals surface area contributed by atoms with E-state index in [0.29, 0.717) is 88.8 Å². The maximum atomic E-state index is 13.3. The lowest BCUT2D eigenvalue weighted by Crippen LogP contribution is -2.50. The number of carbonyl (C=O) groups excluding carboxylic acids is 2. The second kappa shape index (κ2) is 23.0. The van der Waals surface area contributed by atoms with Gasteiger partial charge in [0.25, 0.3) is 5.91 Å². The van der Waals surface area contributed by atoms with Crippen LogP contribution in [0.25, 0.3) is 0 Å². The van der Waals surface area contributed by atoms with Gasteiger partial charge in [-0.1, -0.05) is 45.4 Å². The second-order valence-corrected chi connectivity index (χ2v) is 12.3. The largest absolute Gasteiger partial charge is 0.495 e. The first-order valence-corrected chi connectivity index (χ1v) is 18.0. The van der Waals surface area contributed by atoms with E-state index in [0.717, 1.165) is 38.7 Å². The number of rotatable bonds is 24. The molecule has 0 bridgehead atoms. The number of nitrogens with one attached hydrogen (secondary N) is 2. The molecular formula is C36H55F3N6O6. The van der Waals surface area contributed by atoms with E-state index < -0.39 is 11.7 Å². The van der Waals surface area contributed by atoms with Crippen LogP contribution in [0, 0.1) is 0 Å². The molecule has 1 aliphatic rings. The number of hydrogen-bond acceptors (Lipinski definition) is 10. The monoisotopic (exact) mass is 724 g/mol. The Morgan fingerprint density at radius 2 is 1.41 bits per heavy atom. The van der Waals surface area contributed by atoms with Gasteiger partial charge in [-0.05, 0) is 37.5 Å². The van der Waals surface area contributed by atoms with E-state index in [-0.39, 0.29) is 23.6 Å². The highest BCUT2D eigenvalue weighted by Crippen LogP contribution is 2.35. The number of piperazine rings is 1. The summed E-state index contributed by atoms with van der Waals surface area (Å²) in [4.78, 5) is 37.2. The van der Waals surface area contributed by atoms with Gasteiger partial charge in [0.2, 0.25) is 11.9 Å². The third kappa shape index (κ3) is 14.8. The fourth-order valence-electron chi connectivity index (χ4n) is 5.57. The minimum absolute atomic E-state index is 0.0726. The molecule has 1 fully saturated rings. The topological polar surface area (TPSA) is 127 Å². The van der Waals surface area contributed by atoms with Crippen LogP contribution in [-0.4, -0.2) is 112 Å². The first-order chi connectivity index (χ1) is 24.7. The molecular weight excluding hydrogens is 669 g/mol. The number of alkyl halides is 3. The molecule has 2 N–H and O–H groups in total. The van der Waals surface area contributed by atoms with Crippen molar-refractivity contribution in [1.29, 1.82) is 0 Å². The molecule has 2 aromatic rings. The third-order valence-corrected chi connectivity index (χ3v) is 8.51. The summed E-state index contributed by atoms with van der Waals surface area (Å²) in [6.07, 6.45) is 6.45. The number of aromatic nitrogens is 2. The number of benzene rings is 1. The van der Waals surface area contributed by atoms with E-state index >= 15 is 0 Å². The number of unbranched alkanes of at least 4 members (excludes halogenated alkanes) is 7. The Bertz CT molecular complexity index is 1330. The lowest BCUT2D eigenvalue weighted by atomic mass is 10.1. The van der Waals surface area contributed by atoms with Gasteiger partial charge in [-0.15, -0.1) is 0 Å². The zero-order valence-corrected chi connectivity index (χ0v) is 30.3. The van der Waals surface area contributed by atoms with E-state index in [1.165, 1.54) is 39.8 Å². The summed E-state index contributed by atoms with van der Waals surface area (Å²) < 4.78 is 61.8. The number of halogens is 3. The van der Waals surface area contributed by atoms with E-state index in [4.69, 9.17) is 18.9 Å². The Morgan fingerprint density at radius 3 is 2.00 bits per heavy atom. The average Bonchev–Trinajstić information content (AvgIpc) is 3.13. The molecule has 1 saturated heterocycles. The molecule has 286 valence electrons. The van der Waals surface area contributed by atoms with E-state index in [2.05, 4.69) is 27.5 Å². The lowest BCUT2D eigenvalue weighted by molar-refractivity contribution is -0.137. The van der Waals surface area contributed by atoms with Crippen LogP contribution in [0.2, 0.25) is 0 Å². The van der Waals surface area contributed by atoms with Gasteiger partial charge >= 0.3 is 6.18 Å². The Labute approximate surface area is 299 Å². The van der Waals surface area contributed by atoms with Crippen molar-refractivity contribution in [3.63, 3.8) is 0 Å². The number of anilines is 3. The number of nitrogens with zero attached hydrogens (tertiary/aromatic N) is 4. The highest BCUT2D eigenvalue weighted by atomic mass is 19.4. The second-order valence-electron chi connectivity index (χ2n) is 12.3. The maximum Gasteiger partial charge on any atom is 0.421 e. The molecule has 2 amide bonds.